The summed E-state index contributed by atoms with van der Waals surface area (Å²) in [7, 11) is 0. The van der Waals surface area contributed by atoms with Crippen LogP contribution in [0.15, 0.2) is 48.5 Å². The minimum absolute atomic E-state index is 0.174. The van der Waals surface area contributed by atoms with Gasteiger partial charge in [0, 0.05) is 12.2 Å². The van der Waals surface area contributed by atoms with E-state index in [1.165, 1.54) is 24.3 Å². The van der Waals surface area contributed by atoms with Crippen LogP contribution in [-0.4, -0.2) is 24.6 Å². The number of nitrogens with one attached hydrogen (secondary N) is 2. The minimum Gasteiger partial charge on any atom is -0.484 e. The molecule has 5 nitrogen and oxygen atoms in total. The molecule has 0 heterocycles. The van der Waals surface area contributed by atoms with Crippen LogP contribution >= 0.6 is 0 Å². The summed E-state index contributed by atoms with van der Waals surface area (Å²) in [4.78, 5) is 22.6. The van der Waals surface area contributed by atoms with Gasteiger partial charge >= 0.3 is 12.1 Å². The lowest BCUT2D eigenvalue weighted by molar-refractivity contribution is -0.173. The van der Waals surface area contributed by atoms with Crippen LogP contribution in [0.5, 0.6) is 5.75 Å². The quantitative estimate of drug-likeness (QED) is 0.825. The van der Waals surface area contributed by atoms with Gasteiger partial charge in [-0.1, -0.05) is 29.8 Å². The number of carbonyl (C=O) groups is 2. The molecule has 0 aliphatic rings. The van der Waals surface area contributed by atoms with Crippen molar-refractivity contribution in [2.75, 3.05) is 11.9 Å². The average Bonchev–Trinajstić information content (AvgIpc) is 2.59. The number of alkyl halides is 3. The number of ether oxygens (including phenoxy) is 1. The van der Waals surface area contributed by atoms with Crippen molar-refractivity contribution in [1.82, 2.24) is 5.32 Å². The maximum atomic E-state index is 12.1. The van der Waals surface area contributed by atoms with Gasteiger partial charge in [0.25, 0.3) is 5.91 Å². The SMILES string of the molecule is Cc1ccc(OCC(=O)Nc2ccc(CNC(=O)C(F)(F)F)cc2)cc1. The van der Waals surface area contributed by atoms with Gasteiger partial charge in [-0.15, -0.1) is 0 Å². The summed E-state index contributed by atoms with van der Waals surface area (Å²) in [6.07, 6.45) is -4.91. The minimum atomic E-state index is -4.91. The van der Waals surface area contributed by atoms with Crippen LogP contribution in [0.25, 0.3) is 0 Å². The number of hydrogen-bond donors (Lipinski definition) is 2. The third-order valence-electron chi connectivity index (χ3n) is 3.34. The van der Waals surface area contributed by atoms with Gasteiger partial charge in [0.2, 0.25) is 0 Å². The highest BCUT2D eigenvalue weighted by molar-refractivity contribution is 5.91. The first-order valence-electron chi connectivity index (χ1n) is 7.67. The van der Waals surface area contributed by atoms with E-state index < -0.39 is 12.1 Å². The predicted molar refractivity (Wildman–Crippen MR) is 89.6 cm³/mol. The van der Waals surface area contributed by atoms with Gasteiger partial charge in [0.1, 0.15) is 5.75 Å². The fourth-order valence-electron chi connectivity index (χ4n) is 1.97. The molecule has 2 rings (SSSR count). The van der Waals surface area contributed by atoms with Crippen LogP contribution in [0.1, 0.15) is 11.1 Å². The van der Waals surface area contributed by atoms with Gasteiger partial charge in [-0.25, -0.2) is 0 Å². The Morgan fingerprint density at radius 2 is 1.62 bits per heavy atom. The summed E-state index contributed by atoms with van der Waals surface area (Å²) < 4.78 is 41.7. The first kappa shape index (κ1) is 19.3. The van der Waals surface area contributed by atoms with Crippen LogP contribution in [0.3, 0.4) is 0 Å². The lowest BCUT2D eigenvalue weighted by atomic mass is 10.2. The van der Waals surface area contributed by atoms with Gasteiger partial charge in [-0.05, 0) is 36.8 Å². The van der Waals surface area contributed by atoms with Crippen molar-refractivity contribution in [2.24, 2.45) is 0 Å². The van der Waals surface area contributed by atoms with Crippen molar-refractivity contribution >= 4 is 17.5 Å². The Balaban J connectivity index is 1.79. The standard InChI is InChI=1S/C18H17F3N2O3/c1-12-2-8-15(9-3-12)26-11-16(24)23-14-6-4-13(5-7-14)10-22-17(25)18(19,20)21/h2-9H,10-11H2,1H3,(H,22,25)(H,23,24). The molecule has 0 aliphatic heterocycles. The van der Waals surface area contributed by atoms with Gasteiger partial charge in [0.15, 0.2) is 6.61 Å². The summed E-state index contributed by atoms with van der Waals surface area (Å²) in [5.41, 5.74) is 2.01. The molecule has 2 aromatic carbocycles. The number of carbonyl (C=O) groups excluding carboxylic acids is 2. The Hall–Kier alpha value is -3.03. The van der Waals surface area contributed by atoms with Crippen molar-refractivity contribution < 1.29 is 27.5 Å². The molecule has 0 bridgehead atoms. The van der Waals surface area contributed by atoms with Gasteiger partial charge in [-0.3, -0.25) is 9.59 Å². The molecule has 0 unspecified atom stereocenters. The van der Waals surface area contributed by atoms with E-state index in [2.05, 4.69) is 5.32 Å². The maximum absolute atomic E-state index is 12.1. The molecule has 0 aromatic heterocycles. The Labute approximate surface area is 148 Å². The molecule has 0 radical (unpaired) electrons. The predicted octanol–water partition coefficient (Wildman–Crippen LogP) is 3.19. The molecular weight excluding hydrogens is 349 g/mol. The zero-order valence-electron chi connectivity index (χ0n) is 13.9. The molecule has 2 N–H and O–H groups in total. The monoisotopic (exact) mass is 366 g/mol. The van der Waals surface area contributed by atoms with E-state index in [0.717, 1.165) is 5.56 Å². The van der Waals surface area contributed by atoms with Crippen molar-refractivity contribution in [3.8, 4) is 5.75 Å². The second-order valence-corrected chi connectivity index (χ2v) is 5.53. The van der Waals surface area contributed by atoms with Crippen LogP contribution in [-0.2, 0) is 16.1 Å². The highest BCUT2D eigenvalue weighted by Gasteiger charge is 2.38. The first-order valence-corrected chi connectivity index (χ1v) is 7.67. The van der Waals surface area contributed by atoms with Crippen molar-refractivity contribution in [1.29, 1.82) is 0 Å². The van der Waals surface area contributed by atoms with E-state index in [4.69, 9.17) is 4.74 Å². The first-order chi connectivity index (χ1) is 12.2. The average molecular weight is 366 g/mol. The summed E-state index contributed by atoms with van der Waals surface area (Å²) in [6, 6.07) is 13.3. The van der Waals surface area contributed by atoms with Crippen molar-refractivity contribution in [2.45, 2.75) is 19.6 Å². The Bertz CT molecular complexity index is 757. The van der Waals surface area contributed by atoms with Crippen molar-refractivity contribution in [3.63, 3.8) is 0 Å². The van der Waals surface area contributed by atoms with E-state index in [-0.39, 0.29) is 19.1 Å². The zero-order valence-corrected chi connectivity index (χ0v) is 13.9. The van der Waals surface area contributed by atoms with E-state index in [0.29, 0.717) is 17.0 Å². The molecular formula is C18H17F3N2O3. The van der Waals surface area contributed by atoms with Gasteiger partial charge in [-0.2, -0.15) is 13.2 Å². The number of amides is 2. The zero-order chi connectivity index (χ0) is 19.2. The highest BCUT2D eigenvalue weighted by Crippen LogP contribution is 2.15. The summed E-state index contributed by atoms with van der Waals surface area (Å²) in [5.74, 6) is -1.80. The van der Waals surface area contributed by atoms with Crippen LogP contribution < -0.4 is 15.4 Å². The molecule has 26 heavy (non-hydrogen) atoms. The molecule has 0 saturated heterocycles. The summed E-state index contributed by atoms with van der Waals surface area (Å²) in [5, 5.41) is 4.38. The summed E-state index contributed by atoms with van der Waals surface area (Å²) in [6.45, 7) is 1.50. The molecule has 0 spiro atoms. The molecule has 0 fully saturated rings. The smallest absolute Gasteiger partial charge is 0.471 e. The van der Waals surface area contributed by atoms with Crippen LogP contribution in [0, 0.1) is 6.92 Å². The lowest BCUT2D eigenvalue weighted by Gasteiger charge is -2.10. The fraction of sp³-hybridized carbons (Fsp3) is 0.222. The van der Waals surface area contributed by atoms with E-state index in [1.54, 1.807) is 17.4 Å². The molecule has 138 valence electrons. The molecule has 0 aliphatic carbocycles. The van der Waals surface area contributed by atoms with Gasteiger partial charge in [0.05, 0.1) is 0 Å². The van der Waals surface area contributed by atoms with Crippen LogP contribution in [0.4, 0.5) is 18.9 Å². The number of aryl methyl sites for hydroxylation is 1. The third kappa shape index (κ3) is 6.12. The number of hydrogen-bond acceptors (Lipinski definition) is 3. The second-order valence-electron chi connectivity index (χ2n) is 5.53. The topological polar surface area (TPSA) is 67.4 Å². The van der Waals surface area contributed by atoms with Gasteiger partial charge < -0.3 is 15.4 Å². The Kier molecular flexibility index (Phi) is 6.21. The molecule has 2 amide bonds. The Morgan fingerprint density at radius 3 is 2.19 bits per heavy atom. The van der Waals surface area contributed by atoms with E-state index >= 15 is 0 Å². The van der Waals surface area contributed by atoms with Crippen LogP contribution in [0.2, 0.25) is 0 Å². The third-order valence-corrected chi connectivity index (χ3v) is 3.34. The highest BCUT2D eigenvalue weighted by atomic mass is 19.4. The number of halogens is 3. The number of rotatable bonds is 6. The largest absolute Gasteiger partial charge is 0.484 e. The van der Waals surface area contributed by atoms with E-state index in [9.17, 15) is 22.8 Å². The molecule has 8 heteroatoms. The maximum Gasteiger partial charge on any atom is 0.471 e. The lowest BCUT2D eigenvalue weighted by Crippen LogP contribution is -2.36. The molecule has 0 atom stereocenters. The summed E-state index contributed by atoms with van der Waals surface area (Å²) >= 11 is 0. The number of benzene rings is 2. The molecule has 0 saturated carbocycles. The fourth-order valence-corrected chi connectivity index (χ4v) is 1.97. The number of anilines is 1. The Morgan fingerprint density at radius 1 is 1.00 bits per heavy atom. The normalized spacial score (nSPS) is 10.9. The second kappa shape index (κ2) is 8.37. The van der Waals surface area contributed by atoms with Crippen molar-refractivity contribution in [3.05, 3.63) is 59.7 Å². The molecule has 2 aromatic rings. The van der Waals surface area contributed by atoms with E-state index in [1.807, 2.05) is 19.1 Å².